The number of fused-ring (bicyclic) bond motifs is 4. The number of thiophene rings is 1. The Balaban J connectivity index is 1.31. The molecule has 0 unspecified atom stereocenters. The molecule has 0 radical (unpaired) electrons. The van der Waals surface area contributed by atoms with Crippen LogP contribution in [0, 0.1) is 5.92 Å². The monoisotopic (exact) mass is 417 g/mol. The molecule has 2 atom stereocenters. The first-order valence-corrected chi connectivity index (χ1v) is 12.5. The molecule has 2 fully saturated rings. The predicted octanol–water partition coefficient (Wildman–Crippen LogP) is 4.14. The number of nitrogens with one attached hydrogen (secondary N) is 1. The van der Waals surface area contributed by atoms with Crippen molar-refractivity contribution in [3.63, 3.8) is 0 Å². The first-order valence-electron chi connectivity index (χ1n) is 10.7. The summed E-state index contributed by atoms with van der Waals surface area (Å²) in [4.78, 5) is 37.5. The SMILES string of the molecule is O=C(CSc1nc2sc3c(c2c(=O)[nH]1)CCCC3)N1CCC[C@@H]2CCCC[C@H]21. The number of aryl methyl sites for hydroxylation is 2. The molecule has 1 saturated carbocycles. The standard InChI is InChI=1S/C21H27N3O2S2/c25-17(24-11-5-7-13-6-1-3-9-15(13)24)12-27-21-22-19(26)18-14-8-2-4-10-16(14)28-20(18)23-21/h13,15H,1-12H2,(H,22,23,26)/t13-,15+/m0/s1. The van der Waals surface area contributed by atoms with Crippen LogP contribution in [0.1, 0.15) is 61.8 Å². The summed E-state index contributed by atoms with van der Waals surface area (Å²) in [6.07, 6.45) is 11.8. The van der Waals surface area contributed by atoms with E-state index < -0.39 is 0 Å². The maximum atomic E-state index is 12.9. The Morgan fingerprint density at radius 2 is 1.96 bits per heavy atom. The highest BCUT2D eigenvalue weighted by atomic mass is 32.2. The fourth-order valence-corrected chi connectivity index (χ4v) is 7.43. The number of hydrogen-bond donors (Lipinski definition) is 1. The highest BCUT2D eigenvalue weighted by Gasteiger charge is 2.35. The molecule has 3 aliphatic rings. The van der Waals surface area contributed by atoms with Crippen LogP contribution in [-0.4, -0.2) is 39.1 Å². The second kappa shape index (κ2) is 7.82. The van der Waals surface area contributed by atoms with Crippen molar-refractivity contribution in [1.82, 2.24) is 14.9 Å². The van der Waals surface area contributed by atoms with Crippen molar-refractivity contribution in [2.24, 2.45) is 5.92 Å². The molecule has 1 saturated heterocycles. The van der Waals surface area contributed by atoms with Crippen molar-refractivity contribution >= 4 is 39.2 Å². The number of carbonyl (C=O) groups excluding carboxylic acids is 1. The minimum Gasteiger partial charge on any atom is -0.339 e. The number of carbonyl (C=O) groups is 1. The van der Waals surface area contributed by atoms with E-state index in [2.05, 4.69) is 9.88 Å². The Bertz CT molecular complexity index is 949. The number of amides is 1. The third-order valence-corrected chi connectivity index (χ3v) is 8.74. The molecule has 5 nitrogen and oxygen atoms in total. The highest BCUT2D eigenvalue weighted by Crippen LogP contribution is 2.36. The number of piperidine rings is 1. The van der Waals surface area contributed by atoms with Crippen LogP contribution in [0.5, 0.6) is 0 Å². The molecular weight excluding hydrogens is 390 g/mol. The smallest absolute Gasteiger partial charge is 0.260 e. The molecule has 150 valence electrons. The molecule has 7 heteroatoms. The van der Waals surface area contributed by atoms with Gasteiger partial charge in [-0.3, -0.25) is 9.59 Å². The minimum absolute atomic E-state index is 0.0373. The fraction of sp³-hybridized carbons (Fsp3) is 0.667. The second-order valence-electron chi connectivity index (χ2n) is 8.39. The van der Waals surface area contributed by atoms with E-state index in [1.54, 1.807) is 11.3 Å². The van der Waals surface area contributed by atoms with Crippen LogP contribution in [0.3, 0.4) is 0 Å². The van der Waals surface area contributed by atoms with Gasteiger partial charge in [0.2, 0.25) is 5.91 Å². The molecule has 3 heterocycles. The van der Waals surface area contributed by atoms with E-state index in [4.69, 9.17) is 4.98 Å². The summed E-state index contributed by atoms with van der Waals surface area (Å²) < 4.78 is 0. The van der Waals surface area contributed by atoms with Crippen LogP contribution in [0.4, 0.5) is 0 Å². The second-order valence-corrected chi connectivity index (χ2v) is 10.4. The molecule has 28 heavy (non-hydrogen) atoms. The van der Waals surface area contributed by atoms with E-state index in [0.29, 0.717) is 22.9 Å². The molecule has 1 aliphatic heterocycles. The zero-order chi connectivity index (χ0) is 19.1. The molecule has 0 bridgehead atoms. The third-order valence-electron chi connectivity index (χ3n) is 6.70. The molecule has 0 spiro atoms. The van der Waals surface area contributed by atoms with Gasteiger partial charge in [-0.1, -0.05) is 24.6 Å². The lowest BCUT2D eigenvalue weighted by atomic mass is 9.78. The Morgan fingerprint density at radius 3 is 2.89 bits per heavy atom. The Morgan fingerprint density at radius 1 is 1.14 bits per heavy atom. The van der Waals surface area contributed by atoms with Crippen molar-refractivity contribution in [2.45, 2.75) is 75.4 Å². The Hall–Kier alpha value is -1.34. The number of thioether (sulfide) groups is 1. The molecule has 1 N–H and O–H groups in total. The number of H-pyrrole nitrogens is 1. The van der Waals surface area contributed by atoms with E-state index in [0.717, 1.165) is 48.9 Å². The summed E-state index contributed by atoms with van der Waals surface area (Å²) in [6.45, 7) is 0.890. The van der Waals surface area contributed by atoms with Crippen LogP contribution in [0.2, 0.25) is 0 Å². The van der Waals surface area contributed by atoms with Crippen LogP contribution in [0.25, 0.3) is 10.2 Å². The molecule has 2 aliphatic carbocycles. The Kier molecular flexibility index (Phi) is 5.22. The van der Waals surface area contributed by atoms with Crippen molar-refractivity contribution in [1.29, 1.82) is 0 Å². The summed E-state index contributed by atoms with van der Waals surface area (Å²) in [7, 11) is 0. The van der Waals surface area contributed by atoms with E-state index in [1.165, 1.54) is 54.3 Å². The van der Waals surface area contributed by atoms with Gasteiger partial charge in [0.1, 0.15) is 4.83 Å². The average molecular weight is 418 g/mol. The van der Waals surface area contributed by atoms with Gasteiger partial charge < -0.3 is 9.88 Å². The number of hydrogen-bond acceptors (Lipinski definition) is 5. The van der Waals surface area contributed by atoms with Gasteiger partial charge in [-0.25, -0.2) is 4.98 Å². The van der Waals surface area contributed by atoms with Gasteiger partial charge in [-0.2, -0.15) is 0 Å². The van der Waals surface area contributed by atoms with Crippen molar-refractivity contribution in [3.8, 4) is 0 Å². The first-order chi connectivity index (χ1) is 13.7. The summed E-state index contributed by atoms with van der Waals surface area (Å²) in [5, 5.41) is 1.37. The van der Waals surface area contributed by atoms with Gasteiger partial charge in [-0.15, -0.1) is 11.3 Å². The normalized spacial score (nSPS) is 24.8. The molecule has 1 amide bonds. The molecule has 2 aromatic rings. The lowest BCUT2D eigenvalue weighted by molar-refractivity contribution is -0.134. The zero-order valence-corrected chi connectivity index (χ0v) is 17.8. The van der Waals surface area contributed by atoms with E-state index in [9.17, 15) is 9.59 Å². The van der Waals surface area contributed by atoms with E-state index in [-0.39, 0.29) is 11.5 Å². The largest absolute Gasteiger partial charge is 0.339 e. The lowest BCUT2D eigenvalue weighted by Gasteiger charge is -2.44. The predicted molar refractivity (Wildman–Crippen MR) is 114 cm³/mol. The quantitative estimate of drug-likeness (QED) is 0.602. The lowest BCUT2D eigenvalue weighted by Crippen LogP contribution is -2.50. The highest BCUT2D eigenvalue weighted by molar-refractivity contribution is 7.99. The molecule has 0 aromatic carbocycles. The maximum Gasteiger partial charge on any atom is 0.260 e. The summed E-state index contributed by atoms with van der Waals surface area (Å²) in [6, 6.07) is 0.439. The topological polar surface area (TPSA) is 66.1 Å². The number of nitrogens with zero attached hydrogens (tertiary/aromatic N) is 2. The summed E-state index contributed by atoms with van der Waals surface area (Å²) >= 11 is 3.05. The molecule has 5 rings (SSSR count). The Labute approximate surface area is 173 Å². The minimum atomic E-state index is -0.0373. The zero-order valence-electron chi connectivity index (χ0n) is 16.2. The molecular formula is C21H27N3O2S2. The van der Waals surface area contributed by atoms with Crippen LogP contribution < -0.4 is 5.56 Å². The van der Waals surface area contributed by atoms with E-state index >= 15 is 0 Å². The van der Waals surface area contributed by atoms with Crippen LogP contribution in [0.15, 0.2) is 9.95 Å². The number of likely N-dealkylation sites (tertiary alicyclic amines) is 1. The van der Waals surface area contributed by atoms with Crippen molar-refractivity contribution in [2.75, 3.05) is 12.3 Å². The van der Waals surface area contributed by atoms with E-state index in [1.807, 2.05) is 0 Å². The van der Waals surface area contributed by atoms with Crippen molar-refractivity contribution < 1.29 is 4.79 Å². The average Bonchev–Trinajstić information content (AvgIpc) is 3.10. The van der Waals surface area contributed by atoms with Crippen LogP contribution in [-0.2, 0) is 17.6 Å². The van der Waals surface area contributed by atoms with Gasteiger partial charge in [0.15, 0.2) is 5.16 Å². The van der Waals surface area contributed by atoms with Gasteiger partial charge in [-0.05, 0) is 62.8 Å². The van der Waals surface area contributed by atoms with Gasteiger partial charge in [0.05, 0.1) is 11.1 Å². The third kappa shape index (κ3) is 3.41. The van der Waals surface area contributed by atoms with Crippen LogP contribution >= 0.6 is 23.1 Å². The number of aromatic nitrogens is 2. The van der Waals surface area contributed by atoms with Gasteiger partial charge in [0.25, 0.3) is 5.56 Å². The summed E-state index contributed by atoms with van der Waals surface area (Å²) in [5.74, 6) is 1.26. The summed E-state index contributed by atoms with van der Waals surface area (Å²) in [5.41, 5.74) is 1.17. The molecule has 2 aromatic heterocycles. The van der Waals surface area contributed by atoms with Gasteiger partial charge >= 0.3 is 0 Å². The van der Waals surface area contributed by atoms with Gasteiger partial charge in [0, 0.05) is 17.5 Å². The number of rotatable bonds is 3. The number of aromatic amines is 1. The maximum absolute atomic E-state index is 12.9. The first kappa shape index (κ1) is 18.7. The van der Waals surface area contributed by atoms with Crippen molar-refractivity contribution in [3.05, 3.63) is 20.8 Å². The fourth-order valence-electron chi connectivity index (χ4n) is 5.36.